The Morgan fingerprint density at radius 2 is 0.833 bits per heavy atom. The van der Waals surface area contributed by atoms with Crippen molar-refractivity contribution in [2.45, 2.75) is 0 Å². The SMILES string of the molecule is N.[Br][Sn]([Br])([Br])[Br]. The van der Waals surface area contributed by atoms with E-state index in [1.165, 1.54) is 0 Å². The summed E-state index contributed by atoms with van der Waals surface area (Å²) in [5.41, 5.74) is 0. The third-order valence-corrected chi connectivity index (χ3v) is 0. The molecular weight excluding hydrogens is 452 g/mol. The van der Waals surface area contributed by atoms with E-state index >= 15 is 0 Å². The predicted molar refractivity (Wildman–Crippen MR) is 46.5 cm³/mol. The Kier molecular flexibility index (Phi) is 8.69. The molecule has 6 heavy (non-hydrogen) atoms. The maximum absolute atomic E-state index is 3.34. The van der Waals surface area contributed by atoms with E-state index < -0.39 is 9.49 Å². The average Bonchev–Trinajstić information content (AvgIpc) is 0.722. The van der Waals surface area contributed by atoms with Crippen LogP contribution in [-0.4, -0.2) is 9.49 Å². The summed E-state index contributed by atoms with van der Waals surface area (Å²) in [6.45, 7) is 0. The Balaban J connectivity index is 0. The van der Waals surface area contributed by atoms with Crippen LogP contribution in [0.25, 0.3) is 0 Å². The van der Waals surface area contributed by atoms with Crippen LogP contribution in [0.5, 0.6) is 0 Å². The summed E-state index contributed by atoms with van der Waals surface area (Å²) in [6, 6.07) is 0. The molecule has 0 unspecified atom stereocenters. The molecule has 0 fully saturated rings. The summed E-state index contributed by atoms with van der Waals surface area (Å²) in [5, 5.41) is 0. The van der Waals surface area contributed by atoms with Crippen molar-refractivity contribution in [1.82, 2.24) is 6.15 Å². The normalized spacial score (nSPS) is 10.0. The Bertz CT molecular complexity index is 23.0. The molecule has 0 spiro atoms. The molecule has 3 N–H and O–H groups in total. The third kappa shape index (κ3) is 30.0. The fourth-order valence-electron chi connectivity index (χ4n) is 0. The Morgan fingerprint density at radius 3 is 0.833 bits per heavy atom. The van der Waals surface area contributed by atoms with Gasteiger partial charge in [-0.1, -0.05) is 0 Å². The number of rotatable bonds is 0. The first-order chi connectivity index (χ1) is 2.00. The van der Waals surface area contributed by atoms with Crippen LogP contribution in [0.2, 0.25) is 0 Å². The van der Waals surface area contributed by atoms with Crippen molar-refractivity contribution >= 4 is 60.3 Å². The minimum absolute atomic E-state index is 0. The molecule has 40 valence electrons. The number of hydrogen-bond acceptors (Lipinski definition) is 1. The summed E-state index contributed by atoms with van der Waals surface area (Å²) < 4.78 is 0. The predicted octanol–water partition coefficient (Wildman–Crippen LogP) is 3.16. The Labute approximate surface area is 65.1 Å². The Hall–Kier alpha value is 2.68. The molecule has 0 aromatic carbocycles. The van der Waals surface area contributed by atoms with Crippen LogP contribution in [-0.2, 0) is 0 Å². The second kappa shape index (κ2) is 4.55. The summed E-state index contributed by atoms with van der Waals surface area (Å²) in [7, 11) is -1.93. The standard InChI is InChI=1S/4BrH.H3N.Sn/h4*1H;1H3;/q;;;;;+4/p-4. The van der Waals surface area contributed by atoms with Crippen LogP contribution in [0.1, 0.15) is 0 Å². The van der Waals surface area contributed by atoms with Gasteiger partial charge in [-0.3, -0.25) is 0 Å². The van der Waals surface area contributed by atoms with Crippen molar-refractivity contribution in [3.8, 4) is 0 Å². The van der Waals surface area contributed by atoms with E-state index in [1.54, 1.807) is 0 Å². The molecule has 0 aliphatic carbocycles. The van der Waals surface area contributed by atoms with E-state index in [9.17, 15) is 0 Å². The van der Waals surface area contributed by atoms with Gasteiger partial charge in [0.2, 0.25) is 0 Å². The van der Waals surface area contributed by atoms with Crippen LogP contribution in [0, 0.1) is 0 Å². The summed E-state index contributed by atoms with van der Waals surface area (Å²) in [6.07, 6.45) is 0. The van der Waals surface area contributed by atoms with Gasteiger partial charge >= 0.3 is 60.3 Å². The summed E-state index contributed by atoms with van der Waals surface area (Å²) in [5.74, 6) is 0. The zero-order valence-electron chi connectivity index (χ0n) is 2.72. The van der Waals surface area contributed by atoms with Gasteiger partial charge < -0.3 is 6.15 Å². The van der Waals surface area contributed by atoms with Crippen molar-refractivity contribution in [3.63, 3.8) is 0 Å². The second-order valence-electron chi connectivity index (χ2n) is 0.429. The molecule has 0 aromatic heterocycles. The molecule has 0 saturated heterocycles. The van der Waals surface area contributed by atoms with Gasteiger partial charge in [0.15, 0.2) is 0 Å². The van der Waals surface area contributed by atoms with Gasteiger partial charge in [-0.25, -0.2) is 0 Å². The zero-order valence-corrected chi connectivity index (χ0v) is 11.9. The van der Waals surface area contributed by atoms with Crippen LogP contribution >= 0.6 is 50.8 Å². The fourth-order valence-corrected chi connectivity index (χ4v) is 0. The second-order valence-corrected chi connectivity index (χ2v) is 77.6. The van der Waals surface area contributed by atoms with Gasteiger partial charge in [-0.15, -0.1) is 0 Å². The quantitative estimate of drug-likeness (QED) is 0.560. The first-order valence-corrected chi connectivity index (χ1v) is 26.3. The molecule has 0 radical (unpaired) electrons. The van der Waals surface area contributed by atoms with E-state index in [0.717, 1.165) is 0 Å². The topological polar surface area (TPSA) is 35.0 Å². The molecule has 6 heteroatoms. The molecule has 0 aliphatic heterocycles. The van der Waals surface area contributed by atoms with Crippen LogP contribution < -0.4 is 6.15 Å². The molecule has 1 nitrogen and oxygen atoms in total. The molecule has 0 saturated carbocycles. The Morgan fingerprint density at radius 1 is 0.833 bits per heavy atom. The van der Waals surface area contributed by atoms with Gasteiger partial charge in [0, 0.05) is 0 Å². The molecule has 0 bridgehead atoms. The summed E-state index contributed by atoms with van der Waals surface area (Å²) in [4.78, 5) is 0. The third-order valence-electron chi connectivity index (χ3n) is 0. The molecular formula is H3Br4NSn. The molecule has 0 aromatic rings. The molecule has 0 heterocycles. The van der Waals surface area contributed by atoms with Crippen molar-refractivity contribution < 1.29 is 0 Å². The van der Waals surface area contributed by atoms with Gasteiger partial charge in [0.05, 0.1) is 0 Å². The maximum atomic E-state index is 3.34. The van der Waals surface area contributed by atoms with Crippen LogP contribution in [0.3, 0.4) is 0 Å². The van der Waals surface area contributed by atoms with Crippen LogP contribution in [0.15, 0.2) is 0 Å². The van der Waals surface area contributed by atoms with Gasteiger partial charge in [-0.2, -0.15) is 0 Å². The minimum atomic E-state index is -1.93. The zero-order chi connectivity index (χ0) is 4.50. The number of halogens is 4. The molecule has 0 atom stereocenters. The summed E-state index contributed by atoms with van der Waals surface area (Å²) >= 11 is 13.3. The van der Waals surface area contributed by atoms with Crippen molar-refractivity contribution in [1.29, 1.82) is 0 Å². The van der Waals surface area contributed by atoms with E-state index in [2.05, 4.69) is 50.8 Å². The first kappa shape index (κ1) is 11.5. The van der Waals surface area contributed by atoms with Gasteiger partial charge in [0.25, 0.3) is 0 Å². The first-order valence-electron chi connectivity index (χ1n) is 0.756. The molecule has 0 rings (SSSR count). The van der Waals surface area contributed by atoms with Crippen LogP contribution in [0.4, 0.5) is 0 Å². The van der Waals surface area contributed by atoms with Crippen molar-refractivity contribution in [3.05, 3.63) is 0 Å². The van der Waals surface area contributed by atoms with E-state index in [0.29, 0.717) is 0 Å². The van der Waals surface area contributed by atoms with Gasteiger partial charge in [0.1, 0.15) is 0 Å². The van der Waals surface area contributed by atoms with Crippen molar-refractivity contribution in [2.75, 3.05) is 0 Å². The van der Waals surface area contributed by atoms with Gasteiger partial charge in [-0.05, 0) is 0 Å². The monoisotopic (exact) mass is 453 g/mol. The van der Waals surface area contributed by atoms with E-state index in [1.807, 2.05) is 0 Å². The van der Waals surface area contributed by atoms with E-state index in [-0.39, 0.29) is 6.15 Å². The van der Waals surface area contributed by atoms with Crippen molar-refractivity contribution in [2.24, 2.45) is 0 Å². The number of hydrogen-bond donors (Lipinski definition) is 1. The molecule has 0 amide bonds. The molecule has 0 aliphatic rings. The van der Waals surface area contributed by atoms with E-state index in [4.69, 9.17) is 0 Å². The average molecular weight is 455 g/mol. The fraction of sp³-hybridized carbons (Fsp3) is 0.